The van der Waals surface area contributed by atoms with Gasteiger partial charge in [0.1, 0.15) is 0 Å². The van der Waals surface area contributed by atoms with Crippen LogP contribution in [0.2, 0.25) is 0 Å². The maximum absolute atomic E-state index is 6.37. The van der Waals surface area contributed by atoms with E-state index in [0.29, 0.717) is 11.3 Å². The van der Waals surface area contributed by atoms with Crippen LogP contribution in [0.1, 0.15) is 68.9 Å². The summed E-state index contributed by atoms with van der Waals surface area (Å²) >= 11 is 6.37. The molecule has 100 valence electrons. The van der Waals surface area contributed by atoms with Crippen LogP contribution < -0.4 is 0 Å². The van der Waals surface area contributed by atoms with E-state index in [1.807, 2.05) is 0 Å². The van der Waals surface area contributed by atoms with Crippen LogP contribution in [-0.2, 0) is 6.42 Å². The molecule has 0 spiro atoms. The predicted octanol–water partition coefficient (Wildman–Crippen LogP) is 5.68. The minimum atomic E-state index is 0.361. The second kappa shape index (κ2) is 7.19. The molecule has 1 aliphatic carbocycles. The van der Waals surface area contributed by atoms with Crippen molar-refractivity contribution < 1.29 is 0 Å². The molecule has 1 aromatic rings. The summed E-state index contributed by atoms with van der Waals surface area (Å²) in [5.74, 6) is 0.598. The van der Waals surface area contributed by atoms with Crippen LogP contribution in [0.5, 0.6) is 0 Å². The van der Waals surface area contributed by atoms with Crippen molar-refractivity contribution in [2.75, 3.05) is 0 Å². The summed E-state index contributed by atoms with van der Waals surface area (Å²) in [6.07, 6.45) is 10.4. The Bertz CT molecular complexity index is 341. The maximum atomic E-state index is 6.37. The van der Waals surface area contributed by atoms with E-state index in [0.717, 1.165) is 0 Å². The van der Waals surface area contributed by atoms with E-state index < -0.39 is 0 Å². The first-order chi connectivity index (χ1) is 8.81. The molecule has 1 aromatic carbocycles. The maximum Gasteiger partial charge on any atom is 0.0404 e. The summed E-state index contributed by atoms with van der Waals surface area (Å²) in [6, 6.07) is 9.23. The summed E-state index contributed by atoms with van der Waals surface area (Å²) in [5.41, 5.74) is 2.93. The molecule has 0 heterocycles. The summed E-state index contributed by atoms with van der Waals surface area (Å²) in [4.78, 5) is 0. The Kier molecular flexibility index (Phi) is 5.56. The topological polar surface area (TPSA) is 0 Å². The minimum Gasteiger partial charge on any atom is -0.122 e. The molecular formula is C17H25Cl. The third-order valence-corrected chi connectivity index (χ3v) is 4.68. The van der Waals surface area contributed by atoms with Crippen LogP contribution in [-0.4, -0.2) is 5.38 Å². The molecule has 2 rings (SSSR count). The first-order valence-electron chi connectivity index (χ1n) is 7.54. The van der Waals surface area contributed by atoms with E-state index in [1.54, 1.807) is 0 Å². The van der Waals surface area contributed by atoms with E-state index in [4.69, 9.17) is 11.6 Å². The highest BCUT2D eigenvalue weighted by Crippen LogP contribution is 2.38. The zero-order chi connectivity index (χ0) is 12.8. The van der Waals surface area contributed by atoms with Gasteiger partial charge in [-0.2, -0.15) is 0 Å². The number of hydrogen-bond donors (Lipinski definition) is 0. The van der Waals surface area contributed by atoms with Crippen LogP contribution in [0.3, 0.4) is 0 Å². The van der Waals surface area contributed by atoms with Crippen LogP contribution >= 0.6 is 11.6 Å². The second-order valence-electron chi connectivity index (χ2n) is 5.61. The van der Waals surface area contributed by atoms with Gasteiger partial charge in [-0.25, -0.2) is 0 Å². The van der Waals surface area contributed by atoms with Crippen LogP contribution in [0.4, 0.5) is 0 Å². The second-order valence-corrected chi connectivity index (χ2v) is 6.17. The lowest BCUT2D eigenvalue weighted by Crippen LogP contribution is -2.04. The lowest BCUT2D eigenvalue weighted by molar-refractivity contribution is 0.666. The zero-order valence-electron chi connectivity index (χ0n) is 11.5. The van der Waals surface area contributed by atoms with E-state index >= 15 is 0 Å². The molecule has 1 heteroatoms. The highest BCUT2D eigenvalue weighted by atomic mass is 35.5. The normalized spacial score (nSPS) is 23.4. The smallest absolute Gasteiger partial charge is 0.0404 e. The molecule has 0 aromatic heterocycles. The van der Waals surface area contributed by atoms with Gasteiger partial charge in [0.2, 0.25) is 0 Å². The van der Waals surface area contributed by atoms with Gasteiger partial charge in [0.25, 0.3) is 0 Å². The fourth-order valence-corrected chi connectivity index (χ4v) is 3.40. The monoisotopic (exact) mass is 264 g/mol. The van der Waals surface area contributed by atoms with Gasteiger partial charge < -0.3 is 0 Å². The average Bonchev–Trinajstić information content (AvgIpc) is 2.82. The fourth-order valence-electron chi connectivity index (χ4n) is 2.98. The molecule has 18 heavy (non-hydrogen) atoms. The Hall–Kier alpha value is -0.490. The van der Waals surface area contributed by atoms with Crippen LogP contribution in [0, 0.1) is 0 Å². The Labute approximate surface area is 117 Å². The molecule has 0 N–H and O–H groups in total. The van der Waals surface area contributed by atoms with E-state index in [9.17, 15) is 0 Å². The Morgan fingerprint density at radius 2 is 1.83 bits per heavy atom. The first kappa shape index (κ1) is 13.9. The fraction of sp³-hybridized carbons (Fsp3) is 0.647. The summed E-state index contributed by atoms with van der Waals surface area (Å²) < 4.78 is 0. The van der Waals surface area contributed by atoms with Gasteiger partial charge in [-0.15, -0.1) is 11.6 Å². The van der Waals surface area contributed by atoms with Gasteiger partial charge in [0, 0.05) is 11.3 Å². The molecule has 1 saturated carbocycles. The molecule has 1 fully saturated rings. The Morgan fingerprint density at radius 1 is 1.06 bits per heavy atom. The molecular weight excluding hydrogens is 240 g/mol. The number of rotatable bonds is 6. The number of benzene rings is 1. The number of alkyl halides is 1. The lowest BCUT2D eigenvalue weighted by Gasteiger charge is -2.14. The third-order valence-electron chi connectivity index (χ3n) is 4.16. The quantitative estimate of drug-likeness (QED) is 0.458. The van der Waals surface area contributed by atoms with Crippen molar-refractivity contribution in [3.8, 4) is 0 Å². The van der Waals surface area contributed by atoms with Gasteiger partial charge >= 0.3 is 0 Å². The van der Waals surface area contributed by atoms with E-state index in [2.05, 4.69) is 31.2 Å². The average molecular weight is 265 g/mol. The van der Waals surface area contributed by atoms with Gasteiger partial charge in [-0.05, 0) is 36.8 Å². The van der Waals surface area contributed by atoms with Crippen molar-refractivity contribution >= 4 is 11.6 Å². The SMILES string of the molecule is CCCCCCc1ccc([C@@H]2CCC[C@@H]2Cl)cc1. The highest BCUT2D eigenvalue weighted by molar-refractivity contribution is 6.21. The van der Waals surface area contributed by atoms with Crippen molar-refractivity contribution in [1.82, 2.24) is 0 Å². The van der Waals surface area contributed by atoms with Crippen LogP contribution in [0.25, 0.3) is 0 Å². The molecule has 0 nitrogen and oxygen atoms in total. The molecule has 0 bridgehead atoms. The molecule has 0 radical (unpaired) electrons. The van der Waals surface area contributed by atoms with E-state index in [1.165, 1.54) is 62.5 Å². The van der Waals surface area contributed by atoms with Crippen molar-refractivity contribution in [3.05, 3.63) is 35.4 Å². The van der Waals surface area contributed by atoms with Gasteiger partial charge in [0.05, 0.1) is 0 Å². The summed E-state index contributed by atoms with van der Waals surface area (Å²) in [6.45, 7) is 2.26. The standard InChI is InChI=1S/C17H25Cl/c1-2-3-4-5-7-14-10-12-15(13-11-14)16-8-6-9-17(16)18/h10-13,16-17H,2-9H2,1H3/t16-,17-/m0/s1. The van der Waals surface area contributed by atoms with Gasteiger partial charge in [-0.1, -0.05) is 56.9 Å². The van der Waals surface area contributed by atoms with Crippen molar-refractivity contribution in [2.45, 2.75) is 69.6 Å². The molecule has 0 amide bonds. The number of unbranched alkanes of at least 4 members (excludes halogenated alkanes) is 3. The summed E-state index contributed by atoms with van der Waals surface area (Å²) in [5, 5.41) is 0.361. The van der Waals surface area contributed by atoms with E-state index in [-0.39, 0.29) is 0 Å². The largest absolute Gasteiger partial charge is 0.122 e. The van der Waals surface area contributed by atoms with Gasteiger partial charge in [-0.3, -0.25) is 0 Å². The van der Waals surface area contributed by atoms with Crippen LogP contribution in [0.15, 0.2) is 24.3 Å². The Balaban J connectivity index is 1.85. The lowest BCUT2D eigenvalue weighted by atomic mass is 9.95. The summed E-state index contributed by atoms with van der Waals surface area (Å²) in [7, 11) is 0. The van der Waals surface area contributed by atoms with Crippen molar-refractivity contribution in [2.24, 2.45) is 0 Å². The molecule has 1 aliphatic rings. The molecule has 2 atom stereocenters. The zero-order valence-corrected chi connectivity index (χ0v) is 12.3. The van der Waals surface area contributed by atoms with Gasteiger partial charge in [0.15, 0.2) is 0 Å². The molecule has 0 saturated heterocycles. The predicted molar refractivity (Wildman–Crippen MR) is 80.5 cm³/mol. The Morgan fingerprint density at radius 3 is 2.44 bits per heavy atom. The van der Waals surface area contributed by atoms with Crippen molar-refractivity contribution in [1.29, 1.82) is 0 Å². The first-order valence-corrected chi connectivity index (χ1v) is 7.98. The third kappa shape index (κ3) is 3.75. The number of halogens is 1. The van der Waals surface area contributed by atoms with Crippen molar-refractivity contribution in [3.63, 3.8) is 0 Å². The number of hydrogen-bond acceptors (Lipinski definition) is 0. The molecule has 0 aliphatic heterocycles. The molecule has 0 unspecified atom stereocenters. The minimum absolute atomic E-state index is 0.361. The number of aryl methyl sites for hydroxylation is 1. The highest BCUT2D eigenvalue weighted by Gasteiger charge is 2.26.